The van der Waals surface area contributed by atoms with Gasteiger partial charge in [-0.15, -0.1) is 10.2 Å². The van der Waals surface area contributed by atoms with E-state index in [0.29, 0.717) is 0 Å². The number of nitrogens with one attached hydrogen (secondary N) is 3. The van der Waals surface area contributed by atoms with Crippen molar-refractivity contribution in [2.45, 2.75) is 11.4 Å². The molecule has 0 saturated heterocycles. The molecule has 0 aliphatic heterocycles. The maximum absolute atomic E-state index is 12.0. The van der Waals surface area contributed by atoms with Crippen LogP contribution in [0, 0.1) is 0 Å². The van der Waals surface area contributed by atoms with Crippen molar-refractivity contribution in [1.29, 1.82) is 0 Å². The van der Waals surface area contributed by atoms with Crippen molar-refractivity contribution >= 4 is 15.7 Å². The third-order valence-electron chi connectivity index (χ3n) is 2.04. The zero-order valence-corrected chi connectivity index (χ0v) is 9.85. The zero-order valence-electron chi connectivity index (χ0n) is 9.03. The first-order chi connectivity index (χ1) is 8.63. The Bertz CT molecular complexity index is 610. The lowest BCUT2D eigenvalue weighted by Crippen LogP contribution is -2.25. The van der Waals surface area contributed by atoms with Gasteiger partial charge in [0, 0.05) is 12.4 Å². The van der Waals surface area contributed by atoms with E-state index in [1.165, 1.54) is 18.5 Å². The minimum Gasteiger partial charge on any atom is -0.323 e. The molecule has 0 unspecified atom stereocenters. The van der Waals surface area contributed by atoms with Crippen molar-refractivity contribution in [3.05, 3.63) is 24.3 Å². The molecule has 2 aromatic rings. The van der Waals surface area contributed by atoms with Crippen molar-refractivity contribution < 1.29 is 8.42 Å². The predicted molar refractivity (Wildman–Crippen MR) is 60.3 cm³/mol. The van der Waals surface area contributed by atoms with Gasteiger partial charge in [-0.1, -0.05) is 5.21 Å². The van der Waals surface area contributed by atoms with E-state index >= 15 is 0 Å². The van der Waals surface area contributed by atoms with E-state index in [9.17, 15) is 8.42 Å². The van der Waals surface area contributed by atoms with Crippen molar-refractivity contribution in [3.63, 3.8) is 0 Å². The largest absolute Gasteiger partial charge is 0.323 e. The molecule has 0 amide bonds. The molecule has 0 aliphatic rings. The van der Waals surface area contributed by atoms with Gasteiger partial charge in [0.2, 0.25) is 10.0 Å². The summed E-state index contributed by atoms with van der Waals surface area (Å²) in [5, 5.41) is 12.8. The summed E-state index contributed by atoms with van der Waals surface area (Å²) in [4.78, 5) is 3.68. The fourth-order valence-electron chi connectivity index (χ4n) is 1.21. The Labute approximate surface area is 102 Å². The number of hydrogen-bond donors (Lipinski definition) is 4. The maximum atomic E-state index is 12.0. The molecule has 0 bridgehead atoms. The van der Waals surface area contributed by atoms with E-state index in [0.717, 1.165) is 0 Å². The molecule has 2 rings (SSSR count). The van der Waals surface area contributed by atoms with Crippen LogP contribution >= 0.6 is 0 Å². The molecular formula is C7H10N8O2S. The second-order valence-electron chi connectivity index (χ2n) is 3.17. The first-order valence-corrected chi connectivity index (χ1v) is 6.24. The lowest BCUT2D eigenvalue weighted by atomic mass is 10.4. The Morgan fingerprint density at radius 2 is 2.28 bits per heavy atom. The molecule has 0 aromatic carbocycles. The number of nitrogens with zero attached hydrogens (tertiary/aromatic N) is 4. The fraction of sp³-hybridized carbons (Fsp3) is 0.143. The quantitative estimate of drug-likeness (QED) is 0.373. The van der Waals surface area contributed by atoms with Crippen LogP contribution in [-0.2, 0) is 16.6 Å². The Balaban J connectivity index is 2.20. The summed E-state index contributed by atoms with van der Waals surface area (Å²) in [6, 6.07) is 1.45. The molecule has 0 aliphatic carbocycles. The molecule has 0 fully saturated rings. The van der Waals surface area contributed by atoms with Crippen LogP contribution in [0.15, 0.2) is 23.4 Å². The van der Waals surface area contributed by atoms with Crippen LogP contribution in [0.3, 0.4) is 0 Å². The lowest BCUT2D eigenvalue weighted by molar-refractivity contribution is 0.579. The van der Waals surface area contributed by atoms with Crippen molar-refractivity contribution in [2.24, 2.45) is 5.84 Å². The van der Waals surface area contributed by atoms with Gasteiger partial charge in [-0.3, -0.25) is 10.8 Å². The number of rotatable bonds is 5. The molecular weight excluding hydrogens is 260 g/mol. The van der Waals surface area contributed by atoms with Crippen LogP contribution < -0.4 is 16.0 Å². The van der Waals surface area contributed by atoms with Crippen molar-refractivity contribution in [2.75, 3.05) is 5.43 Å². The molecule has 0 spiro atoms. The average Bonchev–Trinajstić information content (AvgIpc) is 2.89. The smallest absolute Gasteiger partial charge is 0.244 e. The van der Waals surface area contributed by atoms with E-state index in [4.69, 9.17) is 5.84 Å². The first kappa shape index (κ1) is 12.3. The third-order valence-corrected chi connectivity index (χ3v) is 3.47. The van der Waals surface area contributed by atoms with Gasteiger partial charge in [0.05, 0.1) is 12.2 Å². The van der Waals surface area contributed by atoms with Crippen LogP contribution in [-0.4, -0.2) is 34.0 Å². The standard InChI is InChI=1S/C7H10N8O2S/c8-11-5-1-2-9-3-6(5)18(16,17)10-4-7-12-14-15-13-7/h1-3,10H,4,8H2,(H,9,11)(H,12,13,14,15). The van der Waals surface area contributed by atoms with Gasteiger partial charge in [0.1, 0.15) is 4.90 Å². The van der Waals surface area contributed by atoms with Crippen LogP contribution in [0.25, 0.3) is 0 Å². The number of aromatic amines is 1. The molecule has 0 radical (unpaired) electrons. The highest BCUT2D eigenvalue weighted by Gasteiger charge is 2.18. The van der Waals surface area contributed by atoms with E-state index in [2.05, 4.69) is 35.8 Å². The number of pyridine rings is 1. The number of tetrazole rings is 1. The third kappa shape index (κ3) is 2.58. The molecule has 5 N–H and O–H groups in total. The summed E-state index contributed by atoms with van der Waals surface area (Å²) in [5.74, 6) is 5.45. The highest BCUT2D eigenvalue weighted by molar-refractivity contribution is 7.89. The monoisotopic (exact) mass is 270 g/mol. The number of anilines is 1. The van der Waals surface area contributed by atoms with E-state index in [-0.39, 0.29) is 23.0 Å². The molecule has 2 aromatic heterocycles. The topological polar surface area (TPSA) is 152 Å². The number of sulfonamides is 1. The van der Waals surface area contributed by atoms with E-state index in [1.54, 1.807) is 0 Å². The number of aromatic nitrogens is 5. The Kier molecular flexibility index (Phi) is 3.45. The van der Waals surface area contributed by atoms with E-state index < -0.39 is 10.0 Å². The fourth-order valence-corrected chi connectivity index (χ4v) is 2.30. The van der Waals surface area contributed by atoms with E-state index in [1.807, 2.05) is 0 Å². The highest BCUT2D eigenvalue weighted by Crippen LogP contribution is 2.17. The highest BCUT2D eigenvalue weighted by atomic mass is 32.2. The summed E-state index contributed by atoms with van der Waals surface area (Å²) >= 11 is 0. The number of nitrogens with two attached hydrogens (primary N) is 1. The normalized spacial score (nSPS) is 11.4. The number of hydrogen-bond acceptors (Lipinski definition) is 8. The molecule has 11 heteroatoms. The second kappa shape index (κ2) is 5.03. The molecule has 18 heavy (non-hydrogen) atoms. The molecule has 2 heterocycles. The van der Waals surface area contributed by atoms with Crippen molar-refractivity contribution in [3.8, 4) is 0 Å². The van der Waals surface area contributed by atoms with Gasteiger partial charge in [0.15, 0.2) is 5.82 Å². The van der Waals surface area contributed by atoms with Crippen LogP contribution in [0.4, 0.5) is 5.69 Å². The number of H-pyrrole nitrogens is 1. The minimum absolute atomic E-state index is 0.0593. The molecule has 0 atom stereocenters. The number of hydrazine groups is 1. The van der Waals surface area contributed by atoms with Crippen LogP contribution in [0.1, 0.15) is 5.82 Å². The summed E-state index contributed by atoms with van der Waals surface area (Å²) < 4.78 is 26.3. The van der Waals surface area contributed by atoms with Gasteiger partial charge in [-0.25, -0.2) is 13.1 Å². The van der Waals surface area contributed by atoms with Gasteiger partial charge in [0.25, 0.3) is 0 Å². The van der Waals surface area contributed by atoms with Crippen LogP contribution in [0.5, 0.6) is 0 Å². The predicted octanol–water partition coefficient (Wildman–Crippen LogP) is -1.64. The summed E-state index contributed by atoms with van der Waals surface area (Å²) in [7, 11) is -3.76. The Hall–Kier alpha value is -2.11. The van der Waals surface area contributed by atoms with Gasteiger partial charge in [-0.2, -0.15) is 5.21 Å². The summed E-state index contributed by atoms with van der Waals surface area (Å²) in [6.45, 7) is -0.0856. The second-order valence-corrected chi connectivity index (χ2v) is 4.90. The lowest BCUT2D eigenvalue weighted by Gasteiger charge is -2.08. The molecule has 0 saturated carbocycles. The molecule has 96 valence electrons. The van der Waals surface area contributed by atoms with Gasteiger partial charge in [-0.05, 0) is 6.07 Å². The summed E-state index contributed by atoms with van der Waals surface area (Å²) in [5.41, 5.74) is 2.53. The minimum atomic E-state index is -3.76. The van der Waals surface area contributed by atoms with Gasteiger partial charge >= 0.3 is 0 Å². The average molecular weight is 270 g/mol. The van der Waals surface area contributed by atoms with Crippen LogP contribution in [0.2, 0.25) is 0 Å². The Morgan fingerprint density at radius 3 is 2.94 bits per heavy atom. The maximum Gasteiger partial charge on any atom is 0.244 e. The van der Waals surface area contributed by atoms with Crippen molar-refractivity contribution in [1.82, 2.24) is 30.3 Å². The van der Waals surface area contributed by atoms with Gasteiger partial charge < -0.3 is 5.43 Å². The SMILES string of the molecule is NNc1ccncc1S(=O)(=O)NCc1nn[nH]n1. The summed E-state index contributed by atoms with van der Waals surface area (Å²) in [6.07, 6.45) is 2.61. The molecule has 10 nitrogen and oxygen atoms in total. The Morgan fingerprint density at radius 1 is 1.44 bits per heavy atom. The number of nitrogen functional groups attached to an aromatic ring is 1. The first-order valence-electron chi connectivity index (χ1n) is 4.76. The zero-order chi connectivity index (χ0) is 13.0.